The van der Waals surface area contributed by atoms with Crippen LogP contribution in [-0.4, -0.2) is 45.6 Å². The molecule has 1 amide bonds. The molecule has 0 fully saturated rings. The normalized spacial score (nSPS) is 16.0. The zero-order valence-electron chi connectivity index (χ0n) is 9.98. The van der Waals surface area contributed by atoms with Gasteiger partial charge in [0.2, 0.25) is 11.8 Å². The summed E-state index contributed by atoms with van der Waals surface area (Å²) in [6.45, 7) is 2.72. The molecule has 2 N–H and O–H groups in total. The van der Waals surface area contributed by atoms with Crippen LogP contribution in [0.4, 0.5) is 0 Å². The Hall–Kier alpha value is -0.750. The molecule has 0 heterocycles. The third-order valence-corrected chi connectivity index (χ3v) is 2.89. The van der Waals surface area contributed by atoms with Gasteiger partial charge >= 0.3 is 0 Å². The van der Waals surface area contributed by atoms with E-state index in [9.17, 15) is 21.6 Å². The quantitative estimate of drug-likeness (QED) is 0.343. The molecule has 108 valence electrons. The van der Waals surface area contributed by atoms with Crippen LogP contribution in [0.2, 0.25) is 0 Å². The van der Waals surface area contributed by atoms with Crippen LogP contribution >= 0.6 is 0 Å². The predicted octanol–water partition coefficient (Wildman–Crippen LogP) is -1.12. The van der Waals surface area contributed by atoms with Gasteiger partial charge in [0.1, 0.15) is 0 Å². The Bertz CT molecular complexity index is 482. The van der Waals surface area contributed by atoms with Crippen molar-refractivity contribution in [3.8, 4) is 0 Å². The van der Waals surface area contributed by atoms with Crippen molar-refractivity contribution in [2.45, 2.75) is 20.0 Å². The molecule has 0 aromatic carbocycles. The molecule has 0 spiro atoms. The number of hydroxylamine groups is 1. The van der Waals surface area contributed by atoms with E-state index in [1.54, 1.807) is 5.48 Å². The van der Waals surface area contributed by atoms with Crippen molar-refractivity contribution in [3.05, 3.63) is 0 Å². The van der Waals surface area contributed by atoms with Crippen molar-refractivity contribution in [2.24, 2.45) is 5.92 Å². The van der Waals surface area contributed by atoms with Gasteiger partial charge < -0.3 is 0 Å². The maximum Gasteiger partial charge on any atom is 0.292 e. The van der Waals surface area contributed by atoms with Crippen molar-refractivity contribution in [1.82, 2.24) is 5.48 Å². The largest absolute Gasteiger partial charge is 0.292 e. The monoisotopic (exact) mass is 305 g/mol. The Morgan fingerprint density at radius 1 is 1.28 bits per heavy atom. The third-order valence-electron chi connectivity index (χ3n) is 1.82. The Labute approximate surface area is 105 Å². The second-order valence-electron chi connectivity index (χ2n) is 3.60. The van der Waals surface area contributed by atoms with Gasteiger partial charge in [0, 0.05) is 0 Å². The first-order chi connectivity index (χ1) is 7.92. The number of carbonyl (C=O) groups is 1. The lowest BCUT2D eigenvalue weighted by Gasteiger charge is -2.17. The van der Waals surface area contributed by atoms with Crippen molar-refractivity contribution in [1.29, 1.82) is 0 Å². The molecule has 18 heavy (non-hydrogen) atoms. The summed E-state index contributed by atoms with van der Waals surface area (Å²) in [5, 5.41) is 0. The van der Waals surface area contributed by atoms with E-state index in [1.165, 1.54) is 13.8 Å². The first-order valence-corrected chi connectivity index (χ1v) is 8.10. The van der Waals surface area contributed by atoms with Gasteiger partial charge in [-0.15, -0.1) is 0 Å². The highest BCUT2D eigenvalue weighted by Gasteiger charge is 2.24. The maximum absolute atomic E-state index is 11.4. The Morgan fingerprint density at radius 3 is 2.17 bits per heavy atom. The number of nitrogens with one attached hydrogen (secondary N) is 1. The Kier molecular flexibility index (Phi) is 6.16. The molecule has 0 aromatic rings. The number of hydrogen-bond acceptors (Lipinski definition) is 7. The fraction of sp³-hybridized carbons (Fsp3) is 0.857. The van der Waals surface area contributed by atoms with Crippen LogP contribution in [0.15, 0.2) is 0 Å². The van der Waals surface area contributed by atoms with Crippen LogP contribution in [0.1, 0.15) is 13.8 Å². The van der Waals surface area contributed by atoms with Gasteiger partial charge in [-0.1, -0.05) is 6.92 Å². The van der Waals surface area contributed by atoms with E-state index >= 15 is 0 Å². The third kappa shape index (κ3) is 8.36. The second-order valence-corrected chi connectivity index (χ2v) is 6.60. The Balaban J connectivity index is 4.26. The fourth-order valence-corrected chi connectivity index (χ4v) is 1.77. The topological polar surface area (TPSA) is 136 Å². The van der Waals surface area contributed by atoms with Crippen LogP contribution < -0.4 is 5.48 Å². The summed E-state index contributed by atoms with van der Waals surface area (Å²) in [7, 11) is -8.06. The van der Waals surface area contributed by atoms with Crippen LogP contribution in [-0.2, 0) is 34.1 Å². The highest BCUT2D eigenvalue weighted by molar-refractivity contribution is 7.86. The maximum atomic E-state index is 11.4. The van der Waals surface area contributed by atoms with Gasteiger partial charge in [0.25, 0.3) is 20.2 Å². The summed E-state index contributed by atoms with van der Waals surface area (Å²) < 4.78 is 55.1. The summed E-state index contributed by atoms with van der Waals surface area (Å²) in [6, 6.07) is 0. The second kappa shape index (κ2) is 6.43. The number of amides is 1. The highest BCUT2D eigenvalue weighted by Crippen LogP contribution is 2.09. The summed E-state index contributed by atoms with van der Waals surface area (Å²) >= 11 is 0. The van der Waals surface area contributed by atoms with Gasteiger partial charge in [-0.25, -0.2) is 5.48 Å². The van der Waals surface area contributed by atoms with Gasteiger partial charge in [-0.3, -0.25) is 18.4 Å². The fourth-order valence-electron chi connectivity index (χ4n) is 0.840. The lowest BCUT2D eigenvalue weighted by molar-refractivity contribution is -0.138. The molecule has 2 atom stereocenters. The molecule has 0 aliphatic heterocycles. The molecule has 0 aromatic heterocycles. The molecule has 0 rings (SSSR count). The van der Waals surface area contributed by atoms with Crippen molar-refractivity contribution in [2.75, 3.05) is 12.2 Å². The predicted molar refractivity (Wildman–Crippen MR) is 60.2 cm³/mol. The standard InChI is InChI=1S/C7H15NO8S2/c1-5(6(2)16-17(3,10)11)7(9)8-15-4-18(12,13)14/h5-6H,4H2,1-3H3,(H,8,9)(H,12,13,14)/t5-,6+/m0/s1. The summed E-state index contributed by atoms with van der Waals surface area (Å²) in [6.07, 6.45) is -0.113. The van der Waals surface area contributed by atoms with Crippen molar-refractivity contribution < 1.29 is 35.2 Å². The number of carbonyl (C=O) groups excluding carboxylic acids is 1. The van der Waals surface area contributed by atoms with E-state index in [0.29, 0.717) is 0 Å². The number of hydrogen-bond donors (Lipinski definition) is 2. The molecule has 0 aliphatic rings. The first-order valence-electron chi connectivity index (χ1n) is 4.67. The SMILES string of the molecule is C[C@H](C(=O)NOCS(=O)(=O)O)[C@@H](C)OS(C)(=O)=O. The average molecular weight is 305 g/mol. The Morgan fingerprint density at radius 2 is 1.78 bits per heavy atom. The molecule has 0 bridgehead atoms. The van der Waals surface area contributed by atoms with Crippen molar-refractivity contribution in [3.63, 3.8) is 0 Å². The van der Waals surface area contributed by atoms with Crippen molar-refractivity contribution >= 4 is 26.1 Å². The van der Waals surface area contributed by atoms with Gasteiger partial charge in [0.15, 0.2) is 0 Å². The van der Waals surface area contributed by atoms with E-state index in [2.05, 4.69) is 9.02 Å². The molecular weight excluding hydrogens is 290 g/mol. The van der Waals surface area contributed by atoms with E-state index in [4.69, 9.17) is 4.55 Å². The molecule has 11 heteroatoms. The minimum absolute atomic E-state index is 0.783. The molecule has 9 nitrogen and oxygen atoms in total. The molecule has 0 saturated heterocycles. The smallest absolute Gasteiger partial charge is 0.284 e. The van der Waals surface area contributed by atoms with Crippen LogP contribution in [0.25, 0.3) is 0 Å². The van der Waals surface area contributed by atoms with E-state index in [0.717, 1.165) is 6.26 Å². The van der Waals surface area contributed by atoms with E-state index in [1.807, 2.05) is 0 Å². The van der Waals surface area contributed by atoms with Crippen LogP contribution in [0.5, 0.6) is 0 Å². The lowest BCUT2D eigenvalue weighted by Crippen LogP contribution is -2.37. The molecule has 0 aliphatic carbocycles. The summed E-state index contributed by atoms with van der Waals surface area (Å²) in [5.41, 5.74) is 1.75. The molecule has 0 unspecified atom stereocenters. The highest BCUT2D eigenvalue weighted by atomic mass is 32.2. The van der Waals surface area contributed by atoms with E-state index in [-0.39, 0.29) is 0 Å². The minimum Gasteiger partial charge on any atom is -0.284 e. The summed E-state index contributed by atoms with van der Waals surface area (Å²) in [4.78, 5) is 15.6. The van der Waals surface area contributed by atoms with E-state index < -0.39 is 44.1 Å². The van der Waals surface area contributed by atoms with Gasteiger partial charge in [-0.2, -0.15) is 16.8 Å². The van der Waals surface area contributed by atoms with Gasteiger partial charge in [0.05, 0.1) is 18.3 Å². The first kappa shape index (κ1) is 17.2. The van der Waals surface area contributed by atoms with Crippen LogP contribution in [0.3, 0.4) is 0 Å². The number of rotatable bonds is 7. The lowest BCUT2D eigenvalue weighted by atomic mass is 10.1. The van der Waals surface area contributed by atoms with Crippen LogP contribution in [0, 0.1) is 5.92 Å². The minimum atomic E-state index is -4.36. The summed E-state index contributed by atoms with van der Waals surface area (Å²) in [5.74, 6) is -2.79. The molecule has 0 saturated carbocycles. The average Bonchev–Trinajstić information content (AvgIpc) is 2.11. The molecule has 0 radical (unpaired) electrons. The molecular formula is C7H15NO8S2. The zero-order valence-corrected chi connectivity index (χ0v) is 11.6. The van der Waals surface area contributed by atoms with Gasteiger partial charge in [-0.05, 0) is 6.92 Å². The zero-order chi connectivity index (χ0) is 14.6.